The fourth-order valence-electron chi connectivity index (χ4n) is 1.08. The summed E-state index contributed by atoms with van der Waals surface area (Å²) in [4.78, 5) is 0. The summed E-state index contributed by atoms with van der Waals surface area (Å²) in [6.45, 7) is 5.60. The van der Waals surface area contributed by atoms with Gasteiger partial charge in [0.2, 0.25) is 0 Å². The molecule has 0 aliphatic carbocycles. The molecule has 1 aromatic carbocycles. The van der Waals surface area contributed by atoms with E-state index >= 15 is 0 Å². The Morgan fingerprint density at radius 3 is 2.42 bits per heavy atom. The van der Waals surface area contributed by atoms with E-state index in [1.807, 2.05) is 37.3 Å². The highest BCUT2D eigenvalue weighted by atomic mass is 16.3. The molecule has 1 nitrogen and oxygen atoms in total. The van der Waals surface area contributed by atoms with E-state index in [-0.39, 0.29) is 5.92 Å². The van der Waals surface area contributed by atoms with Crippen LogP contribution in [0.2, 0.25) is 0 Å². The molecule has 1 rings (SSSR count). The summed E-state index contributed by atoms with van der Waals surface area (Å²) >= 11 is 0. The van der Waals surface area contributed by atoms with Crippen molar-refractivity contribution in [2.75, 3.05) is 0 Å². The highest BCUT2D eigenvalue weighted by molar-refractivity contribution is 5.18. The zero-order valence-corrected chi connectivity index (χ0v) is 7.27. The van der Waals surface area contributed by atoms with Gasteiger partial charge in [0.25, 0.3) is 0 Å². The van der Waals surface area contributed by atoms with Gasteiger partial charge in [0.1, 0.15) is 0 Å². The minimum atomic E-state index is -0.427. The topological polar surface area (TPSA) is 20.2 Å². The van der Waals surface area contributed by atoms with E-state index in [2.05, 4.69) is 6.58 Å². The molecule has 0 bridgehead atoms. The van der Waals surface area contributed by atoms with Crippen molar-refractivity contribution in [1.82, 2.24) is 0 Å². The highest BCUT2D eigenvalue weighted by Crippen LogP contribution is 2.21. The maximum absolute atomic E-state index is 9.72. The first-order chi connectivity index (χ1) is 5.75. The summed E-state index contributed by atoms with van der Waals surface area (Å²) in [7, 11) is 0. The molecule has 12 heavy (non-hydrogen) atoms. The minimum absolute atomic E-state index is 0.104. The first kappa shape index (κ1) is 9.01. The molecule has 0 saturated heterocycles. The molecule has 0 aliphatic rings. The highest BCUT2D eigenvalue weighted by Gasteiger charge is 2.11. The summed E-state index contributed by atoms with van der Waals surface area (Å²) in [6, 6.07) is 9.63. The molecule has 2 atom stereocenters. The minimum Gasteiger partial charge on any atom is -0.388 e. The summed E-state index contributed by atoms with van der Waals surface area (Å²) in [6.07, 6.45) is 1.33. The van der Waals surface area contributed by atoms with Gasteiger partial charge in [-0.05, 0) is 5.56 Å². The average molecular weight is 162 g/mol. The quantitative estimate of drug-likeness (QED) is 0.677. The molecule has 64 valence electrons. The predicted octanol–water partition coefficient (Wildman–Crippen LogP) is 2.54. The van der Waals surface area contributed by atoms with Crippen LogP contribution in [0.15, 0.2) is 43.0 Å². The van der Waals surface area contributed by atoms with Crippen LogP contribution in [0.5, 0.6) is 0 Å². The van der Waals surface area contributed by atoms with Crippen molar-refractivity contribution in [3.63, 3.8) is 0 Å². The Labute approximate surface area is 73.4 Å². The summed E-state index contributed by atoms with van der Waals surface area (Å²) < 4.78 is 0. The van der Waals surface area contributed by atoms with Crippen LogP contribution in [0, 0.1) is 5.92 Å². The van der Waals surface area contributed by atoms with E-state index in [4.69, 9.17) is 0 Å². The van der Waals surface area contributed by atoms with Crippen LogP contribution in [-0.4, -0.2) is 5.11 Å². The van der Waals surface area contributed by atoms with Gasteiger partial charge in [0.15, 0.2) is 0 Å². The van der Waals surface area contributed by atoms with Crippen LogP contribution in [-0.2, 0) is 0 Å². The lowest BCUT2D eigenvalue weighted by Crippen LogP contribution is -2.05. The number of hydrogen-bond acceptors (Lipinski definition) is 1. The monoisotopic (exact) mass is 162 g/mol. The maximum atomic E-state index is 9.72. The molecule has 1 aromatic rings. The Kier molecular flexibility index (Phi) is 3.06. The fraction of sp³-hybridized carbons (Fsp3) is 0.273. The molecule has 0 saturated carbocycles. The van der Waals surface area contributed by atoms with Crippen molar-refractivity contribution in [3.05, 3.63) is 48.6 Å². The lowest BCUT2D eigenvalue weighted by atomic mass is 9.98. The second-order valence-corrected chi connectivity index (χ2v) is 2.95. The molecule has 1 N–H and O–H groups in total. The molecule has 0 spiro atoms. The number of hydrogen-bond donors (Lipinski definition) is 1. The Morgan fingerprint density at radius 2 is 1.92 bits per heavy atom. The Hall–Kier alpha value is -1.08. The van der Waals surface area contributed by atoms with Crippen molar-refractivity contribution in [2.45, 2.75) is 13.0 Å². The van der Waals surface area contributed by atoms with E-state index in [1.165, 1.54) is 0 Å². The molecule has 0 heterocycles. The van der Waals surface area contributed by atoms with Crippen LogP contribution in [0.4, 0.5) is 0 Å². The van der Waals surface area contributed by atoms with Crippen molar-refractivity contribution in [1.29, 1.82) is 0 Å². The summed E-state index contributed by atoms with van der Waals surface area (Å²) in [5.74, 6) is 0.104. The van der Waals surface area contributed by atoms with E-state index in [0.29, 0.717) is 0 Å². The SMILES string of the molecule is C=C[C@@H](C)[C@H](O)c1ccccc1. The van der Waals surface area contributed by atoms with Gasteiger partial charge in [-0.3, -0.25) is 0 Å². The first-order valence-corrected chi connectivity index (χ1v) is 4.11. The molecule has 0 radical (unpaired) electrons. The van der Waals surface area contributed by atoms with Crippen LogP contribution in [0.3, 0.4) is 0 Å². The van der Waals surface area contributed by atoms with Crippen LogP contribution >= 0.6 is 0 Å². The van der Waals surface area contributed by atoms with E-state index < -0.39 is 6.10 Å². The number of aliphatic hydroxyl groups excluding tert-OH is 1. The van der Waals surface area contributed by atoms with E-state index in [9.17, 15) is 5.11 Å². The van der Waals surface area contributed by atoms with Gasteiger partial charge < -0.3 is 5.11 Å². The van der Waals surface area contributed by atoms with Crippen LogP contribution < -0.4 is 0 Å². The molecule has 0 unspecified atom stereocenters. The van der Waals surface area contributed by atoms with E-state index in [0.717, 1.165) is 5.56 Å². The largest absolute Gasteiger partial charge is 0.388 e. The van der Waals surface area contributed by atoms with Gasteiger partial charge in [0.05, 0.1) is 6.10 Å². The fourth-order valence-corrected chi connectivity index (χ4v) is 1.08. The molecular weight excluding hydrogens is 148 g/mol. The van der Waals surface area contributed by atoms with Gasteiger partial charge in [0, 0.05) is 5.92 Å². The van der Waals surface area contributed by atoms with Crippen LogP contribution in [0.1, 0.15) is 18.6 Å². The van der Waals surface area contributed by atoms with Crippen molar-refractivity contribution >= 4 is 0 Å². The third-order valence-corrected chi connectivity index (χ3v) is 2.01. The van der Waals surface area contributed by atoms with Gasteiger partial charge >= 0.3 is 0 Å². The maximum Gasteiger partial charge on any atom is 0.0849 e. The molecule has 0 fully saturated rings. The van der Waals surface area contributed by atoms with E-state index in [1.54, 1.807) is 6.08 Å². The van der Waals surface area contributed by atoms with Crippen molar-refractivity contribution < 1.29 is 5.11 Å². The van der Waals surface area contributed by atoms with Crippen LogP contribution in [0.25, 0.3) is 0 Å². The van der Waals surface area contributed by atoms with Gasteiger partial charge in [-0.15, -0.1) is 6.58 Å². The van der Waals surface area contributed by atoms with Gasteiger partial charge in [-0.2, -0.15) is 0 Å². The molecule has 1 heteroatoms. The molecule has 0 aromatic heterocycles. The number of rotatable bonds is 3. The van der Waals surface area contributed by atoms with Crippen molar-refractivity contribution in [3.8, 4) is 0 Å². The molecule has 0 aliphatic heterocycles. The Morgan fingerprint density at radius 1 is 1.33 bits per heavy atom. The third kappa shape index (κ3) is 1.95. The number of benzene rings is 1. The van der Waals surface area contributed by atoms with Crippen molar-refractivity contribution in [2.24, 2.45) is 5.92 Å². The predicted molar refractivity (Wildman–Crippen MR) is 50.8 cm³/mol. The zero-order chi connectivity index (χ0) is 8.97. The third-order valence-electron chi connectivity index (χ3n) is 2.01. The van der Waals surface area contributed by atoms with Gasteiger partial charge in [-0.1, -0.05) is 43.3 Å². The zero-order valence-electron chi connectivity index (χ0n) is 7.27. The second-order valence-electron chi connectivity index (χ2n) is 2.95. The average Bonchev–Trinajstić information content (AvgIpc) is 2.17. The first-order valence-electron chi connectivity index (χ1n) is 4.11. The molecular formula is C11H14O. The lowest BCUT2D eigenvalue weighted by Gasteiger charge is -2.14. The molecule has 0 amide bonds. The normalized spacial score (nSPS) is 15.2. The van der Waals surface area contributed by atoms with Gasteiger partial charge in [-0.25, -0.2) is 0 Å². The Bertz CT molecular complexity index is 240. The summed E-state index contributed by atoms with van der Waals surface area (Å²) in [5, 5.41) is 9.72. The standard InChI is InChI=1S/C11H14O/c1-3-9(2)11(12)10-7-5-4-6-8-10/h3-9,11-12H,1H2,2H3/t9-,11+/m1/s1. The lowest BCUT2D eigenvalue weighted by molar-refractivity contribution is 0.140. The second kappa shape index (κ2) is 4.07. The summed E-state index contributed by atoms with van der Waals surface area (Å²) in [5.41, 5.74) is 0.949. The number of aliphatic hydroxyl groups is 1. The smallest absolute Gasteiger partial charge is 0.0849 e. The Balaban J connectivity index is 2.78.